The summed E-state index contributed by atoms with van der Waals surface area (Å²) < 4.78 is 0.867. The second-order valence-corrected chi connectivity index (χ2v) is 6.30. The van der Waals surface area contributed by atoms with Crippen molar-refractivity contribution in [2.24, 2.45) is 0 Å². The molecule has 4 heteroatoms. The number of hydrogen-bond donors (Lipinski definition) is 1. The maximum Gasteiger partial charge on any atom is 0.252 e. The van der Waals surface area contributed by atoms with E-state index >= 15 is 0 Å². The molecule has 0 unspecified atom stereocenters. The number of benzene rings is 1. The molecule has 0 aliphatic carbocycles. The summed E-state index contributed by atoms with van der Waals surface area (Å²) in [6.45, 7) is 2.33. The Hall–Kier alpha value is -0.870. The van der Waals surface area contributed by atoms with E-state index in [1.165, 1.54) is 25.8 Å². The Morgan fingerprint density at radius 3 is 2.89 bits per heavy atom. The van der Waals surface area contributed by atoms with Crippen molar-refractivity contribution in [3.63, 3.8) is 0 Å². The van der Waals surface area contributed by atoms with Gasteiger partial charge in [0.2, 0.25) is 0 Å². The molecule has 3 nitrogen and oxygen atoms in total. The zero-order valence-corrected chi connectivity index (χ0v) is 12.5. The molecule has 102 valence electrons. The molecule has 0 spiro atoms. The molecular weight excluding hydrogens is 304 g/mol. The van der Waals surface area contributed by atoms with E-state index in [2.05, 4.69) is 26.1 Å². The Balaban J connectivity index is 1.68. The second-order valence-electron chi connectivity index (χ2n) is 5.45. The van der Waals surface area contributed by atoms with Crippen molar-refractivity contribution in [3.8, 4) is 0 Å². The van der Waals surface area contributed by atoms with Crippen molar-refractivity contribution >= 4 is 21.8 Å². The maximum absolute atomic E-state index is 12.3. The largest absolute Gasteiger partial charge is 0.348 e. The summed E-state index contributed by atoms with van der Waals surface area (Å²) in [5, 5.41) is 3.22. The molecule has 19 heavy (non-hydrogen) atoms. The topological polar surface area (TPSA) is 32.3 Å². The fraction of sp³-hybridized carbons (Fsp3) is 0.533. The van der Waals surface area contributed by atoms with Gasteiger partial charge in [-0.15, -0.1) is 0 Å². The molecule has 2 aliphatic rings. The number of nitrogens with one attached hydrogen (secondary N) is 1. The number of piperidine rings is 1. The first kappa shape index (κ1) is 13.1. The lowest BCUT2D eigenvalue weighted by molar-refractivity contribution is 0.0914. The molecule has 2 aliphatic heterocycles. The number of carbonyl (C=O) groups excluding carboxylic acids is 1. The fourth-order valence-electron chi connectivity index (χ4n) is 3.31. The molecule has 0 radical (unpaired) electrons. The van der Waals surface area contributed by atoms with Gasteiger partial charge in [0.05, 0.1) is 5.56 Å². The number of hydrogen-bond acceptors (Lipinski definition) is 2. The lowest BCUT2D eigenvalue weighted by Gasteiger charge is -2.32. The van der Waals surface area contributed by atoms with Crippen LogP contribution in [0.1, 0.15) is 36.0 Å². The lowest BCUT2D eigenvalue weighted by Crippen LogP contribution is -2.46. The van der Waals surface area contributed by atoms with Crippen molar-refractivity contribution in [2.45, 2.75) is 37.8 Å². The minimum Gasteiger partial charge on any atom is -0.348 e. The molecule has 1 aromatic carbocycles. The number of halogens is 1. The summed E-state index contributed by atoms with van der Waals surface area (Å²) in [6, 6.07) is 8.49. The van der Waals surface area contributed by atoms with Crippen LogP contribution in [0, 0.1) is 0 Å². The highest BCUT2D eigenvalue weighted by atomic mass is 79.9. The van der Waals surface area contributed by atoms with Crippen LogP contribution in [0.3, 0.4) is 0 Å². The molecule has 1 aromatic rings. The predicted molar refractivity (Wildman–Crippen MR) is 79.2 cm³/mol. The third kappa shape index (κ3) is 2.70. The normalized spacial score (nSPS) is 27.0. The zero-order valence-electron chi connectivity index (χ0n) is 10.9. The predicted octanol–water partition coefficient (Wildman–Crippen LogP) is 2.81. The summed E-state index contributed by atoms with van der Waals surface area (Å²) >= 11 is 3.44. The monoisotopic (exact) mass is 322 g/mol. The Kier molecular flexibility index (Phi) is 3.89. The minimum absolute atomic E-state index is 0.0462. The van der Waals surface area contributed by atoms with Crippen LogP contribution < -0.4 is 5.32 Å². The smallest absolute Gasteiger partial charge is 0.252 e. The molecule has 2 fully saturated rings. The zero-order chi connectivity index (χ0) is 13.2. The van der Waals surface area contributed by atoms with Crippen LogP contribution in [0.15, 0.2) is 28.7 Å². The van der Waals surface area contributed by atoms with Crippen LogP contribution in [0.4, 0.5) is 0 Å². The number of rotatable bonds is 2. The quantitative estimate of drug-likeness (QED) is 0.908. The van der Waals surface area contributed by atoms with Gasteiger partial charge in [0.1, 0.15) is 0 Å². The number of nitrogens with zero attached hydrogens (tertiary/aromatic N) is 1. The first-order valence-electron chi connectivity index (χ1n) is 7.05. The van der Waals surface area contributed by atoms with E-state index in [1.54, 1.807) is 0 Å². The van der Waals surface area contributed by atoms with E-state index in [0.717, 1.165) is 23.0 Å². The van der Waals surface area contributed by atoms with Crippen LogP contribution in [0.2, 0.25) is 0 Å². The number of fused-ring (bicyclic) bond motifs is 1. The molecule has 0 aromatic heterocycles. The van der Waals surface area contributed by atoms with Gasteiger partial charge in [-0.2, -0.15) is 0 Å². The fourth-order valence-corrected chi connectivity index (χ4v) is 3.77. The van der Waals surface area contributed by atoms with E-state index in [9.17, 15) is 4.79 Å². The number of amides is 1. The first-order chi connectivity index (χ1) is 9.25. The van der Waals surface area contributed by atoms with Crippen LogP contribution in [-0.4, -0.2) is 36.0 Å². The summed E-state index contributed by atoms with van der Waals surface area (Å²) in [7, 11) is 0. The number of carbonyl (C=O) groups is 1. The second kappa shape index (κ2) is 5.63. The summed E-state index contributed by atoms with van der Waals surface area (Å²) in [6.07, 6.45) is 4.91. The third-order valence-electron chi connectivity index (χ3n) is 4.29. The first-order valence-corrected chi connectivity index (χ1v) is 7.84. The molecule has 2 heterocycles. The van der Waals surface area contributed by atoms with Gasteiger partial charge in [-0.1, -0.05) is 18.6 Å². The van der Waals surface area contributed by atoms with E-state index in [-0.39, 0.29) is 5.91 Å². The van der Waals surface area contributed by atoms with Gasteiger partial charge in [0, 0.05) is 23.1 Å². The highest BCUT2D eigenvalue weighted by Gasteiger charge is 2.36. The Bertz CT molecular complexity index is 477. The summed E-state index contributed by atoms with van der Waals surface area (Å²) in [5.74, 6) is 0.0462. The SMILES string of the molecule is O=C(N[C@@H]1CCN2CCCC[C@@H]12)c1ccccc1Br. The molecule has 2 saturated heterocycles. The average molecular weight is 323 g/mol. The van der Waals surface area contributed by atoms with E-state index < -0.39 is 0 Å². The van der Waals surface area contributed by atoms with Crippen LogP contribution >= 0.6 is 15.9 Å². The maximum atomic E-state index is 12.3. The third-order valence-corrected chi connectivity index (χ3v) is 4.98. The van der Waals surface area contributed by atoms with Gasteiger partial charge in [0.15, 0.2) is 0 Å². The van der Waals surface area contributed by atoms with Crippen LogP contribution in [0.5, 0.6) is 0 Å². The molecule has 1 N–H and O–H groups in total. The lowest BCUT2D eigenvalue weighted by atomic mass is 9.99. The van der Waals surface area contributed by atoms with Gasteiger partial charge in [0.25, 0.3) is 5.91 Å². The molecule has 0 bridgehead atoms. The average Bonchev–Trinajstić information content (AvgIpc) is 2.83. The van der Waals surface area contributed by atoms with Gasteiger partial charge in [-0.25, -0.2) is 0 Å². The van der Waals surface area contributed by atoms with Gasteiger partial charge >= 0.3 is 0 Å². The van der Waals surface area contributed by atoms with Crippen molar-refractivity contribution < 1.29 is 4.79 Å². The van der Waals surface area contributed by atoms with E-state index in [0.29, 0.717) is 12.1 Å². The molecule has 3 rings (SSSR count). The minimum atomic E-state index is 0.0462. The van der Waals surface area contributed by atoms with E-state index in [1.807, 2.05) is 24.3 Å². The standard InChI is InChI=1S/C15H19BrN2O/c16-12-6-2-1-5-11(12)15(19)17-13-8-10-18-9-4-3-7-14(13)18/h1-2,5-6,13-14H,3-4,7-10H2,(H,17,19)/t13-,14+/m1/s1. The summed E-state index contributed by atoms with van der Waals surface area (Å²) in [5.41, 5.74) is 0.733. The van der Waals surface area contributed by atoms with Crippen LogP contribution in [-0.2, 0) is 0 Å². The van der Waals surface area contributed by atoms with Gasteiger partial charge in [-0.05, 0) is 53.9 Å². The van der Waals surface area contributed by atoms with Crippen molar-refractivity contribution in [1.29, 1.82) is 0 Å². The molecular formula is C15H19BrN2O. The highest BCUT2D eigenvalue weighted by Crippen LogP contribution is 2.27. The molecule has 0 saturated carbocycles. The Labute approximate surface area is 122 Å². The van der Waals surface area contributed by atoms with Gasteiger partial charge in [-0.3, -0.25) is 9.69 Å². The van der Waals surface area contributed by atoms with Crippen molar-refractivity contribution in [1.82, 2.24) is 10.2 Å². The highest BCUT2D eigenvalue weighted by molar-refractivity contribution is 9.10. The Morgan fingerprint density at radius 1 is 1.21 bits per heavy atom. The van der Waals surface area contributed by atoms with Crippen molar-refractivity contribution in [2.75, 3.05) is 13.1 Å². The van der Waals surface area contributed by atoms with Gasteiger partial charge < -0.3 is 5.32 Å². The van der Waals surface area contributed by atoms with Crippen molar-refractivity contribution in [3.05, 3.63) is 34.3 Å². The van der Waals surface area contributed by atoms with Crippen LogP contribution in [0.25, 0.3) is 0 Å². The Morgan fingerprint density at radius 2 is 2.05 bits per heavy atom. The molecule has 2 atom stereocenters. The van der Waals surface area contributed by atoms with E-state index in [4.69, 9.17) is 0 Å². The molecule has 1 amide bonds. The summed E-state index contributed by atoms with van der Waals surface area (Å²) in [4.78, 5) is 14.9.